The summed E-state index contributed by atoms with van der Waals surface area (Å²) in [6.45, 7) is 2.12. The summed E-state index contributed by atoms with van der Waals surface area (Å²) in [6, 6.07) is 6.91. The quantitative estimate of drug-likeness (QED) is 0.840. The summed E-state index contributed by atoms with van der Waals surface area (Å²) in [6.07, 6.45) is 11.8. The number of hydrogen-bond acceptors (Lipinski definition) is 1. The van der Waals surface area contributed by atoms with Gasteiger partial charge in [0.1, 0.15) is 0 Å². The summed E-state index contributed by atoms with van der Waals surface area (Å²) >= 11 is 0. The van der Waals surface area contributed by atoms with Gasteiger partial charge in [0.05, 0.1) is 6.04 Å². The zero-order valence-corrected chi connectivity index (χ0v) is 13.3. The summed E-state index contributed by atoms with van der Waals surface area (Å²) in [4.78, 5) is 12.6. The van der Waals surface area contributed by atoms with E-state index in [0.717, 1.165) is 6.42 Å². The molecule has 2 nitrogen and oxygen atoms in total. The standard InChI is InChI=1S/C20H25NO/c1-13(16-9-8-15-4-2-3-5-17(15)12-16)21-20(22)19-11-14-6-7-18(19)10-14/h6-9,12-14,18-19H,2-5,10-11H2,1H3,(H,21,22). The third-order valence-electron chi connectivity index (χ3n) is 5.85. The van der Waals surface area contributed by atoms with Crippen LogP contribution in [-0.2, 0) is 17.6 Å². The summed E-state index contributed by atoms with van der Waals surface area (Å²) in [5.74, 6) is 1.60. The maximum absolute atomic E-state index is 12.6. The lowest BCUT2D eigenvalue weighted by molar-refractivity contribution is -0.126. The van der Waals surface area contributed by atoms with E-state index in [-0.39, 0.29) is 17.9 Å². The van der Waals surface area contributed by atoms with Gasteiger partial charge in [-0.05, 0) is 74.0 Å². The first-order chi connectivity index (χ1) is 10.7. The highest BCUT2D eigenvalue weighted by Gasteiger charge is 2.40. The molecule has 0 saturated heterocycles. The summed E-state index contributed by atoms with van der Waals surface area (Å²) in [7, 11) is 0. The Bertz CT molecular complexity index is 618. The van der Waals surface area contributed by atoms with Crippen LogP contribution in [0.4, 0.5) is 0 Å². The minimum Gasteiger partial charge on any atom is -0.349 e. The highest BCUT2D eigenvalue weighted by atomic mass is 16.2. The summed E-state index contributed by atoms with van der Waals surface area (Å²) in [5.41, 5.74) is 4.26. The molecule has 1 aromatic carbocycles. The smallest absolute Gasteiger partial charge is 0.224 e. The number of rotatable bonds is 3. The van der Waals surface area contributed by atoms with Crippen molar-refractivity contribution in [3.8, 4) is 0 Å². The van der Waals surface area contributed by atoms with Gasteiger partial charge in [-0.2, -0.15) is 0 Å². The first-order valence-corrected chi connectivity index (χ1v) is 8.81. The van der Waals surface area contributed by atoms with Crippen molar-refractivity contribution in [2.45, 2.75) is 51.5 Å². The number of allylic oxidation sites excluding steroid dienone is 2. The molecule has 1 saturated carbocycles. The molecule has 0 heterocycles. The molecule has 1 amide bonds. The molecule has 22 heavy (non-hydrogen) atoms. The Kier molecular flexibility index (Phi) is 3.56. The predicted octanol–water partition coefficient (Wildman–Crippen LogP) is 3.95. The van der Waals surface area contributed by atoms with Crippen molar-refractivity contribution in [1.82, 2.24) is 5.32 Å². The van der Waals surface area contributed by atoms with Gasteiger partial charge in [-0.25, -0.2) is 0 Å². The van der Waals surface area contributed by atoms with E-state index in [1.54, 1.807) is 0 Å². The van der Waals surface area contributed by atoms with Gasteiger partial charge >= 0.3 is 0 Å². The molecule has 1 aromatic rings. The maximum atomic E-state index is 12.6. The van der Waals surface area contributed by atoms with Crippen molar-refractivity contribution in [3.63, 3.8) is 0 Å². The molecule has 2 bridgehead atoms. The number of aryl methyl sites for hydroxylation is 2. The Morgan fingerprint density at radius 3 is 2.68 bits per heavy atom. The van der Waals surface area contributed by atoms with Gasteiger partial charge in [0, 0.05) is 5.92 Å². The Hall–Kier alpha value is -1.57. The molecule has 3 aliphatic carbocycles. The van der Waals surface area contributed by atoms with E-state index in [9.17, 15) is 4.79 Å². The van der Waals surface area contributed by atoms with Crippen molar-refractivity contribution < 1.29 is 4.79 Å². The van der Waals surface area contributed by atoms with Crippen molar-refractivity contribution in [2.75, 3.05) is 0 Å². The molecular formula is C20H25NO. The molecule has 0 radical (unpaired) electrons. The van der Waals surface area contributed by atoms with Gasteiger partial charge in [-0.3, -0.25) is 4.79 Å². The van der Waals surface area contributed by atoms with Crippen LogP contribution in [0.1, 0.15) is 55.3 Å². The lowest BCUT2D eigenvalue weighted by atomic mass is 9.89. The van der Waals surface area contributed by atoms with Gasteiger partial charge in [0.15, 0.2) is 0 Å². The molecule has 0 aromatic heterocycles. The highest BCUT2D eigenvalue weighted by molar-refractivity contribution is 5.80. The maximum Gasteiger partial charge on any atom is 0.224 e. The number of nitrogens with one attached hydrogen (secondary N) is 1. The fraction of sp³-hybridized carbons (Fsp3) is 0.550. The van der Waals surface area contributed by atoms with Gasteiger partial charge in [-0.1, -0.05) is 30.4 Å². The van der Waals surface area contributed by atoms with E-state index in [4.69, 9.17) is 0 Å². The Morgan fingerprint density at radius 2 is 1.95 bits per heavy atom. The van der Waals surface area contributed by atoms with Crippen LogP contribution in [0, 0.1) is 17.8 Å². The minimum absolute atomic E-state index is 0.114. The molecule has 1 fully saturated rings. The van der Waals surface area contributed by atoms with Crippen LogP contribution < -0.4 is 5.32 Å². The molecule has 4 unspecified atom stereocenters. The second-order valence-electron chi connectivity index (χ2n) is 7.35. The largest absolute Gasteiger partial charge is 0.349 e. The number of amides is 1. The normalized spacial score (nSPS) is 30.1. The van der Waals surface area contributed by atoms with Crippen LogP contribution in [-0.4, -0.2) is 5.91 Å². The Labute approximate surface area is 133 Å². The van der Waals surface area contributed by atoms with E-state index in [0.29, 0.717) is 11.8 Å². The van der Waals surface area contributed by atoms with E-state index < -0.39 is 0 Å². The van der Waals surface area contributed by atoms with Crippen molar-refractivity contribution >= 4 is 5.91 Å². The Morgan fingerprint density at radius 1 is 1.14 bits per heavy atom. The minimum atomic E-state index is 0.114. The molecular weight excluding hydrogens is 270 g/mol. The summed E-state index contributed by atoms with van der Waals surface area (Å²) < 4.78 is 0. The van der Waals surface area contributed by atoms with Crippen LogP contribution in [0.25, 0.3) is 0 Å². The molecule has 1 N–H and O–H groups in total. The second-order valence-corrected chi connectivity index (χ2v) is 7.35. The molecule has 0 aliphatic heterocycles. The lowest BCUT2D eigenvalue weighted by Gasteiger charge is -2.23. The number of carbonyl (C=O) groups is 1. The molecule has 0 spiro atoms. The molecule has 116 valence electrons. The van der Waals surface area contributed by atoms with E-state index in [1.165, 1.54) is 48.8 Å². The number of carbonyl (C=O) groups excluding carboxylic acids is 1. The number of hydrogen-bond donors (Lipinski definition) is 1. The zero-order valence-electron chi connectivity index (χ0n) is 13.3. The summed E-state index contributed by atoms with van der Waals surface area (Å²) in [5, 5.41) is 3.26. The van der Waals surface area contributed by atoms with Gasteiger partial charge in [-0.15, -0.1) is 0 Å². The first kappa shape index (κ1) is 14.0. The molecule has 2 heteroatoms. The van der Waals surface area contributed by atoms with E-state index >= 15 is 0 Å². The average Bonchev–Trinajstić information content (AvgIpc) is 3.17. The SMILES string of the molecule is CC(NC(=O)C1CC2C=CC1C2)c1ccc2c(c1)CCCC2. The van der Waals surface area contributed by atoms with Gasteiger partial charge in [0.25, 0.3) is 0 Å². The molecule has 4 rings (SSSR count). The van der Waals surface area contributed by atoms with Gasteiger partial charge in [0.2, 0.25) is 5.91 Å². The van der Waals surface area contributed by atoms with Crippen LogP contribution in [0.3, 0.4) is 0 Å². The number of benzene rings is 1. The van der Waals surface area contributed by atoms with Crippen molar-refractivity contribution in [3.05, 3.63) is 47.0 Å². The fourth-order valence-corrected chi connectivity index (χ4v) is 4.51. The van der Waals surface area contributed by atoms with Crippen LogP contribution in [0.5, 0.6) is 0 Å². The van der Waals surface area contributed by atoms with E-state index in [1.807, 2.05) is 0 Å². The topological polar surface area (TPSA) is 29.1 Å². The third kappa shape index (κ3) is 2.49. The fourth-order valence-electron chi connectivity index (χ4n) is 4.51. The van der Waals surface area contributed by atoms with Crippen molar-refractivity contribution in [2.24, 2.45) is 17.8 Å². The van der Waals surface area contributed by atoms with Crippen LogP contribution in [0.2, 0.25) is 0 Å². The predicted molar refractivity (Wildman–Crippen MR) is 88.5 cm³/mol. The van der Waals surface area contributed by atoms with Crippen molar-refractivity contribution in [1.29, 1.82) is 0 Å². The van der Waals surface area contributed by atoms with Gasteiger partial charge < -0.3 is 5.32 Å². The second kappa shape index (κ2) is 5.57. The van der Waals surface area contributed by atoms with Crippen LogP contribution >= 0.6 is 0 Å². The third-order valence-corrected chi connectivity index (χ3v) is 5.85. The average molecular weight is 295 g/mol. The zero-order chi connectivity index (χ0) is 15.1. The molecule has 3 aliphatic rings. The Balaban J connectivity index is 1.44. The molecule has 4 atom stereocenters. The monoisotopic (exact) mass is 295 g/mol. The highest BCUT2D eigenvalue weighted by Crippen LogP contribution is 2.43. The number of fused-ring (bicyclic) bond motifs is 3. The van der Waals surface area contributed by atoms with Crippen LogP contribution in [0.15, 0.2) is 30.4 Å². The van der Waals surface area contributed by atoms with E-state index in [2.05, 4.69) is 42.6 Å². The first-order valence-electron chi connectivity index (χ1n) is 8.81. The lowest BCUT2D eigenvalue weighted by Crippen LogP contribution is -2.34.